The number of ether oxygens (including phenoxy) is 2. The zero-order chi connectivity index (χ0) is 23.9. The number of amides is 1. The summed E-state index contributed by atoms with van der Waals surface area (Å²) in [7, 11) is 1.62. The third-order valence-corrected chi connectivity index (χ3v) is 7.72. The van der Waals surface area contributed by atoms with Gasteiger partial charge in [-0.15, -0.1) is 20.4 Å². The molecule has 182 valence electrons. The van der Waals surface area contributed by atoms with Gasteiger partial charge in [0.25, 0.3) is 0 Å². The zero-order valence-electron chi connectivity index (χ0n) is 19.7. The van der Waals surface area contributed by atoms with Crippen LogP contribution in [-0.2, 0) is 11.3 Å². The van der Waals surface area contributed by atoms with Crippen LogP contribution in [0.2, 0.25) is 0 Å². The summed E-state index contributed by atoms with van der Waals surface area (Å²) in [5, 5.41) is 22.2. The third-order valence-electron chi connectivity index (χ3n) is 5.75. The Morgan fingerprint density at radius 2 is 2.00 bits per heavy atom. The first-order valence-electron chi connectivity index (χ1n) is 11.6. The van der Waals surface area contributed by atoms with E-state index in [9.17, 15) is 4.79 Å². The molecule has 0 saturated heterocycles. The Bertz CT molecular complexity index is 1100. The first kappa shape index (κ1) is 24.5. The van der Waals surface area contributed by atoms with Crippen molar-refractivity contribution in [1.29, 1.82) is 0 Å². The molecule has 0 aliphatic heterocycles. The number of nitrogens with zero attached hydrogens (tertiary/aromatic N) is 5. The number of aromatic nitrogens is 5. The second-order valence-electron chi connectivity index (χ2n) is 8.14. The molecule has 1 N–H and O–H groups in total. The first-order chi connectivity index (χ1) is 16.6. The van der Waals surface area contributed by atoms with E-state index in [1.54, 1.807) is 7.11 Å². The van der Waals surface area contributed by atoms with Crippen molar-refractivity contribution >= 4 is 34.1 Å². The summed E-state index contributed by atoms with van der Waals surface area (Å²) in [4.78, 5) is 12.5. The molecular formula is C23H30N6O3S2. The summed E-state index contributed by atoms with van der Waals surface area (Å²) >= 11 is 2.83. The smallest absolute Gasteiger partial charge is 0.236 e. The van der Waals surface area contributed by atoms with E-state index >= 15 is 0 Å². The topological polar surface area (TPSA) is 104 Å². The zero-order valence-corrected chi connectivity index (χ0v) is 21.3. The standard InChI is InChI=1S/C23H30N6O3S2/c1-4-29-20(15(2)32-18-12-8-11-17(13-18)31-3)25-28-23(29)33-14-19(30)24-22-27-26-21(34-22)16-9-6-5-7-10-16/h8,11-13,15-16H,4-7,9-10,14H2,1-3H3,(H,24,27,30). The van der Waals surface area contributed by atoms with Crippen molar-refractivity contribution in [3.63, 3.8) is 0 Å². The molecule has 1 aliphatic rings. The Balaban J connectivity index is 1.33. The van der Waals surface area contributed by atoms with Crippen LogP contribution in [0, 0.1) is 0 Å². The van der Waals surface area contributed by atoms with E-state index in [2.05, 4.69) is 25.7 Å². The third kappa shape index (κ3) is 6.06. The lowest BCUT2D eigenvalue weighted by Crippen LogP contribution is -2.15. The Kier molecular flexibility index (Phi) is 8.39. The van der Waals surface area contributed by atoms with Gasteiger partial charge in [-0.3, -0.25) is 10.1 Å². The summed E-state index contributed by atoms with van der Waals surface area (Å²) in [6, 6.07) is 7.45. The summed E-state index contributed by atoms with van der Waals surface area (Å²) in [6.07, 6.45) is 5.78. The Morgan fingerprint density at radius 1 is 1.21 bits per heavy atom. The lowest BCUT2D eigenvalue weighted by Gasteiger charge is -2.18. The van der Waals surface area contributed by atoms with Gasteiger partial charge in [-0.1, -0.05) is 48.4 Å². The van der Waals surface area contributed by atoms with Gasteiger partial charge in [0.2, 0.25) is 11.0 Å². The molecule has 9 nitrogen and oxygen atoms in total. The van der Waals surface area contributed by atoms with E-state index in [-0.39, 0.29) is 17.8 Å². The number of carbonyl (C=O) groups excluding carboxylic acids is 1. The van der Waals surface area contributed by atoms with Crippen LogP contribution in [0.25, 0.3) is 0 Å². The number of nitrogens with one attached hydrogen (secondary N) is 1. The number of anilines is 1. The summed E-state index contributed by atoms with van der Waals surface area (Å²) in [6.45, 7) is 4.61. The van der Waals surface area contributed by atoms with Crippen LogP contribution >= 0.6 is 23.1 Å². The lowest BCUT2D eigenvalue weighted by atomic mass is 9.90. The van der Waals surface area contributed by atoms with Crippen LogP contribution in [0.5, 0.6) is 11.5 Å². The second-order valence-corrected chi connectivity index (χ2v) is 10.1. The van der Waals surface area contributed by atoms with Gasteiger partial charge < -0.3 is 14.0 Å². The van der Waals surface area contributed by atoms with Gasteiger partial charge in [0.15, 0.2) is 17.1 Å². The minimum Gasteiger partial charge on any atom is -0.497 e. The largest absolute Gasteiger partial charge is 0.497 e. The molecule has 1 atom stereocenters. The lowest BCUT2D eigenvalue weighted by molar-refractivity contribution is -0.113. The molecule has 3 aromatic rings. The number of carbonyl (C=O) groups is 1. The summed E-state index contributed by atoms with van der Waals surface area (Å²) in [5.41, 5.74) is 0. The van der Waals surface area contributed by atoms with E-state index in [0.717, 1.165) is 23.6 Å². The molecule has 0 spiro atoms. The highest BCUT2D eigenvalue weighted by atomic mass is 32.2. The van der Waals surface area contributed by atoms with Crippen LogP contribution in [-0.4, -0.2) is 43.7 Å². The van der Waals surface area contributed by atoms with Gasteiger partial charge in [0.05, 0.1) is 12.9 Å². The fourth-order valence-corrected chi connectivity index (χ4v) is 5.76. The molecule has 0 radical (unpaired) electrons. The minimum absolute atomic E-state index is 0.135. The van der Waals surface area contributed by atoms with E-state index in [1.807, 2.05) is 42.7 Å². The predicted octanol–water partition coefficient (Wildman–Crippen LogP) is 5.08. The average Bonchev–Trinajstić information content (AvgIpc) is 3.50. The highest BCUT2D eigenvalue weighted by molar-refractivity contribution is 7.99. The Hall–Kier alpha value is -2.66. The van der Waals surface area contributed by atoms with Crippen molar-refractivity contribution in [2.75, 3.05) is 18.2 Å². The Morgan fingerprint density at radius 3 is 2.76 bits per heavy atom. The van der Waals surface area contributed by atoms with E-state index in [1.165, 1.54) is 42.4 Å². The normalized spacial score (nSPS) is 15.1. The van der Waals surface area contributed by atoms with Crippen molar-refractivity contribution in [2.24, 2.45) is 0 Å². The maximum absolute atomic E-state index is 12.5. The van der Waals surface area contributed by atoms with Gasteiger partial charge in [0, 0.05) is 18.5 Å². The number of rotatable bonds is 10. The number of hydrogen-bond donors (Lipinski definition) is 1. The number of benzene rings is 1. The van der Waals surface area contributed by atoms with Gasteiger partial charge >= 0.3 is 0 Å². The highest BCUT2D eigenvalue weighted by Crippen LogP contribution is 2.35. The maximum Gasteiger partial charge on any atom is 0.236 e. The minimum atomic E-state index is -0.317. The number of thioether (sulfide) groups is 1. The van der Waals surface area contributed by atoms with Gasteiger partial charge in [-0.25, -0.2) is 0 Å². The average molecular weight is 503 g/mol. The molecule has 1 fully saturated rings. The van der Waals surface area contributed by atoms with Crippen molar-refractivity contribution in [3.8, 4) is 11.5 Å². The van der Waals surface area contributed by atoms with Crippen LogP contribution in [0.1, 0.15) is 68.8 Å². The predicted molar refractivity (Wildman–Crippen MR) is 133 cm³/mol. The molecule has 1 aromatic carbocycles. The SMILES string of the molecule is CCn1c(SCC(=O)Nc2nnc(C3CCCCC3)s2)nnc1C(C)Oc1cccc(OC)c1. The molecule has 11 heteroatoms. The monoisotopic (exact) mass is 502 g/mol. The molecule has 1 aliphatic carbocycles. The van der Waals surface area contributed by atoms with Crippen LogP contribution in [0.4, 0.5) is 5.13 Å². The summed E-state index contributed by atoms with van der Waals surface area (Å²) in [5.74, 6) is 2.68. The molecule has 1 saturated carbocycles. The molecule has 2 heterocycles. The van der Waals surface area contributed by atoms with Crippen LogP contribution < -0.4 is 14.8 Å². The van der Waals surface area contributed by atoms with Gasteiger partial charge in [-0.2, -0.15) is 0 Å². The van der Waals surface area contributed by atoms with Crippen LogP contribution in [0.15, 0.2) is 29.4 Å². The van der Waals surface area contributed by atoms with Crippen molar-refractivity contribution in [2.45, 2.75) is 69.7 Å². The number of hydrogen-bond acceptors (Lipinski definition) is 9. The molecule has 34 heavy (non-hydrogen) atoms. The van der Waals surface area contributed by atoms with Crippen molar-refractivity contribution in [1.82, 2.24) is 25.0 Å². The fourth-order valence-electron chi connectivity index (χ4n) is 4.02. The molecular weight excluding hydrogens is 472 g/mol. The van der Waals surface area contributed by atoms with E-state index < -0.39 is 0 Å². The van der Waals surface area contributed by atoms with Crippen molar-refractivity contribution in [3.05, 3.63) is 35.1 Å². The Labute approximate surface area is 207 Å². The number of methoxy groups -OCH3 is 1. The molecule has 4 rings (SSSR count). The molecule has 1 unspecified atom stereocenters. The van der Waals surface area contributed by atoms with Gasteiger partial charge in [-0.05, 0) is 38.8 Å². The highest BCUT2D eigenvalue weighted by Gasteiger charge is 2.22. The van der Waals surface area contributed by atoms with Crippen molar-refractivity contribution < 1.29 is 14.3 Å². The molecule has 2 aromatic heterocycles. The first-order valence-corrected chi connectivity index (χ1v) is 13.4. The van der Waals surface area contributed by atoms with Crippen LogP contribution in [0.3, 0.4) is 0 Å². The molecule has 1 amide bonds. The van der Waals surface area contributed by atoms with E-state index in [0.29, 0.717) is 34.3 Å². The summed E-state index contributed by atoms with van der Waals surface area (Å²) < 4.78 is 13.3. The fraction of sp³-hybridized carbons (Fsp3) is 0.522. The van der Waals surface area contributed by atoms with E-state index in [4.69, 9.17) is 9.47 Å². The molecule has 0 bridgehead atoms. The quantitative estimate of drug-likeness (QED) is 0.383. The van der Waals surface area contributed by atoms with Gasteiger partial charge in [0.1, 0.15) is 16.5 Å². The maximum atomic E-state index is 12.5. The second kappa shape index (κ2) is 11.7.